The van der Waals surface area contributed by atoms with Gasteiger partial charge in [-0.15, -0.1) is 0 Å². The number of cyclic esters (lactones) is 1. The summed E-state index contributed by atoms with van der Waals surface area (Å²) >= 11 is 0. The summed E-state index contributed by atoms with van der Waals surface area (Å²) in [6.07, 6.45) is 3.39. The zero-order chi connectivity index (χ0) is 23.7. The zero-order valence-corrected chi connectivity index (χ0v) is 18.4. The van der Waals surface area contributed by atoms with Crippen LogP contribution in [0.3, 0.4) is 0 Å². The second kappa shape index (κ2) is 8.78. The molecule has 4 aromatic rings. The number of carbonyl (C=O) groups is 3. The number of benzene rings is 3. The second-order valence-electron chi connectivity index (χ2n) is 8.10. The maximum absolute atomic E-state index is 12.9. The number of hydrogen-bond acceptors (Lipinski definition) is 5. The molecule has 168 valence electrons. The number of aromatic nitrogens is 2. The Hall–Kier alpha value is -4.52. The Morgan fingerprint density at radius 3 is 2.44 bits per heavy atom. The van der Waals surface area contributed by atoms with Gasteiger partial charge in [0, 0.05) is 42.7 Å². The molecule has 0 aliphatic carbocycles. The van der Waals surface area contributed by atoms with E-state index in [2.05, 4.69) is 10.3 Å². The first-order valence-corrected chi connectivity index (χ1v) is 10.8. The van der Waals surface area contributed by atoms with E-state index in [1.165, 1.54) is 0 Å². The van der Waals surface area contributed by atoms with Gasteiger partial charge in [0.15, 0.2) is 5.82 Å². The van der Waals surface area contributed by atoms with Crippen LogP contribution in [0, 0.1) is 0 Å². The van der Waals surface area contributed by atoms with Crippen LogP contribution in [0.2, 0.25) is 0 Å². The van der Waals surface area contributed by atoms with Gasteiger partial charge in [-0.1, -0.05) is 30.3 Å². The molecule has 0 fully saturated rings. The normalized spacial score (nSPS) is 14.7. The number of anilines is 1. The van der Waals surface area contributed by atoms with Crippen LogP contribution in [0.4, 0.5) is 5.69 Å². The second-order valence-corrected chi connectivity index (χ2v) is 8.10. The number of nitrogens with zero attached hydrogens (tertiary/aromatic N) is 2. The van der Waals surface area contributed by atoms with Crippen molar-refractivity contribution in [1.82, 2.24) is 9.55 Å². The number of aryl methyl sites for hydroxylation is 1. The number of hydrogen-bond donors (Lipinski definition) is 1. The molecule has 0 saturated carbocycles. The number of nitrogens with one attached hydrogen (secondary N) is 1. The molecule has 0 unspecified atom stereocenters. The van der Waals surface area contributed by atoms with Crippen LogP contribution in [0.1, 0.15) is 54.1 Å². The van der Waals surface area contributed by atoms with E-state index in [-0.39, 0.29) is 17.8 Å². The number of imidazole rings is 1. The number of carbonyl (C=O) groups excluding carboxylic acids is 3. The molecule has 0 saturated heterocycles. The summed E-state index contributed by atoms with van der Waals surface area (Å²) in [6.45, 7) is 0. The van der Waals surface area contributed by atoms with Crippen molar-refractivity contribution in [2.45, 2.75) is 12.5 Å². The first-order chi connectivity index (χ1) is 16.5. The lowest BCUT2D eigenvalue weighted by molar-refractivity contribution is 0.0252. The quantitative estimate of drug-likeness (QED) is 0.360. The van der Waals surface area contributed by atoms with E-state index in [0.717, 1.165) is 11.1 Å². The molecule has 3 aromatic carbocycles. The largest absolute Gasteiger partial charge is 0.454 e. The number of ether oxygens (including phenoxy) is 1. The van der Waals surface area contributed by atoms with Crippen LogP contribution in [0.5, 0.6) is 0 Å². The molecule has 0 bridgehead atoms. The average molecular weight is 451 g/mol. The molecule has 7 nitrogen and oxygen atoms in total. The molecule has 34 heavy (non-hydrogen) atoms. The zero-order valence-electron chi connectivity index (χ0n) is 18.4. The van der Waals surface area contributed by atoms with Crippen molar-refractivity contribution in [2.24, 2.45) is 7.05 Å². The van der Waals surface area contributed by atoms with Crippen LogP contribution in [0.15, 0.2) is 85.2 Å². The Morgan fingerprint density at radius 2 is 1.74 bits per heavy atom. The van der Waals surface area contributed by atoms with Crippen molar-refractivity contribution < 1.29 is 19.1 Å². The van der Waals surface area contributed by atoms with Crippen molar-refractivity contribution in [3.63, 3.8) is 0 Å². The highest BCUT2D eigenvalue weighted by atomic mass is 16.5. The summed E-state index contributed by atoms with van der Waals surface area (Å²) in [7, 11) is 1.76. The summed E-state index contributed by atoms with van der Waals surface area (Å²) < 4.78 is 7.25. The standard InChI is InChI=1S/C27H21N3O4/c1-30-14-13-28-25(30)24(31)18-7-10-21(11-8-18)29-26(32)19-9-12-22-20(15-19)16-23(34-27(22)33)17-5-3-2-4-6-17/h2-15,23H,16H2,1H3,(H,29,32)/t23-/m1/s1. The van der Waals surface area contributed by atoms with Gasteiger partial charge in [0.25, 0.3) is 5.91 Å². The topological polar surface area (TPSA) is 90.3 Å². The molecule has 7 heteroatoms. The van der Waals surface area contributed by atoms with Gasteiger partial charge in [-0.3, -0.25) is 9.59 Å². The number of amides is 1. The lowest BCUT2D eigenvalue weighted by Crippen LogP contribution is -2.23. The monoisotopic (exact) mass is 451 g/mol. The predicted octanol–water partition coefficient (Wildman–Crippen LogP) is 4.36. The maximum atomic E-state index is 12.9. The van der Waals surface area contributed by atoms with Gasteiger partial charge in [-0.2, -0.15) is 0 Å². The minimum Gasteiger partial charge on any atom is -0.454 e. The Balaban J connectivity index is 1.32. The highest BCUT2D eigenvalue weighted by molar-refractivity contribution is 6.08. The van der Waals surface area contributed by atoms with Crippen LogP contribution in [-0.2, 0) is 18.2 Å². The summed E-state index contributed by atoms with van der Waals surface area (Å²) in [5.41, 5.74) is 3.63. The van der Waals surface area contributed by atoms with E-state index >= 15 is 0 Å². The minimum atomic E-state index is -0.393. The fourth-order valence-corrected chi connectivity index (χ4v) is 4.01. The van der Waals surface area contributed by atoms with E-state index < -0.39 is 5.97 Å². The molecule has 1 aliphatic rings. The Labute approximate surface area is 196 Å². The van der Waals surface area contributed by atoms with Crippen molar-refractivity contribution in [3.8, 4) is 0 Å². The van der Waals surface area contributed by atoms with Gasteiger partial charge in [0.05, 0.1) is 5.56 Å². The lowest BCUT2D eigenvalue weighted by Gasteiger charge is -2.25. The number of esters is 1. The van der Waals surface area contributed by atoms with E-state index in [1.54, 1.807) is 66.5 Å². The number of ketones is 1. The molecule has 1 amide bonds. The summed E-state index contributed by atoms with van der Waals surface area (Å²) in [5, 5.41) is 2.84. The highest BCUT2D eigenvalue weighted by Crippen LogP contribution is 2.31. The average Bonchev–Trinajstić information content (AvgIpc) is 3.30. The SMILES string of the molecule is Cn1ccnc1C(=O)c1ccc(NC(=O)c2ccc3c(c2)C[C@H](c2ccccc2)OC3=O)cc1. The van der Waals surface area contributed by atoms with Gasteiger partial charge < -0.3 is 14.6 Å². The van der Waals surface area contributed by atoms with Crippen LogP contribution < -0.4 is 5.32 Å². The molecular formula is C27H21N3O4. The first-order valence-electron chi connectivity index (χ1n) is 10.8. The molecule has 1 aliphatic heterocycles. The molecular weight excluding hydrogens is 430 g/mol. The smallest absolute Gasteiger partial charge is 0.339 e. The van der Waals surface area contributed by atoms with Gasteiger partial charge in [-0.05, 0) is 53.6 Å². The van der Waals surface area contributed by atoms with E-state index in [9.17, 15) is 14.4 Å². The van der Waals surface area contributed by atoms with Gasteiger partial charge >= 0.3 is 5.97 Å². The predicted molar refractivity (Wildman–Crippen MR) is 126 cm³/mol. The molecule has 5 rings (SSSR count). The molecule has 2 heterocycles. The lowest BCUT2D eigenvalue weighted by atomic mass is 9.93. The first kappa shape index (κ1) is 21.3. The third kappa shape index (κ3) is 4.11. The van der Waals surface area contributed by atoms with Crippen molar-refractivity contribution in [2.75, 3.05) is 5.32 Å². The third-order valence-electron chi connectivity index (χ3n) is 5.84. The fraction of sp³-hybridized carbons (Fsp3) is 0.111. The van der Waals surface area contributed by atoms with Crippen molar-refractivity contribution in [3.05, 3.63) is 119 Å². The van der Waals surface area contributed by atoms with Crippen molar-refractivity contribution in [1.29, 1.82) is 0 Å². The molecule has 0 radical (unpaired) electrons. The van der Waals surface area contributed by atoms with Gasteiger partial charge in [0.2, 0.25) is 5.78 Å². The minimum absolute atomic E-state index is 0.195. The third-order valence-corrected chi connectivity index (χ3v) is 5.84. The maximum Gasteiger partial charge on any atom is 0.339 e. The summed E-state index contributed by atoms with van der Waals surface area (Å²) in [6, 6.07) is 21.2. The number of rotatable bonds is 5. The van der Waals surface area contributed by atoms with Crippen LogP contribution in [0.25, 0.3) is 0 Å². The van der Waals surface area contributed by atoms with E-state index in [4.69, 9.17) is 4.74 Å². The van der Waals surface area contributed by atoms with Crippen LogP contribution >= 0.6 is 0 Å². The van der Waals surface area contributed by atoms with Gasteiger partial charge in [0.1, 0.15) is 6.10 Å². The van der Waals surface area contributed by atoms with E-state index in [0.29, 0.717) is 34.6 Å². The van der Waals surface area contributed by atoms with Gasteiger partial charge in [-0.25, -0.2) is 9.78 Å². The summed E-state index contributed by atoms with van der Waals surface area (Å²) in [4.78, 5) is 42.0. The Bertz CT molecular complexity index is 1390. The molecule has 1 atom stereocenters. The summed E-state index contributed by atoms with van der Waals surface area (Å²) in [5.74, 6) is -0.547. The Morgan fingerprint density at radius 1 is 1.00 bits per heavy atom. The molecule has 1 aromatic heterocycles. The Kier molecular flexibility index (Phi) is 5.51. The highest BCUT2D eigenvalue weighted by Gasteiger charge is 2.28. The van der Waals surface area contributed by atoms with E-state index in [1.807, 2.05) is 30.3 Å². The van der Waals surface area contributed by atoms with Crippen molar-refractivity contribution >= 4 is 23.3 Å². The molecule has 1 N–H and O–H groups in total. The number of fused-ring (bicyclic) bond motifs is 1. The molecule has 0 spiro atoms. The fourth-order valence-electron chi connectivity index (χ4n) is 4.01. The van der Waals surface area contributed by atoms with Crippen LogP contribution in [-0.4, -0.2) is 27.2 Å².